The molecule has 100 valence electrons. The highest BCUT2D eigenvalue weighted by Gasteiger charge is 2.18. The standard InChI is InChI=1S/C15H23FN2/c1-12(10-13-5-7-14(16)8-6-13)17-15-4-3-9-18(2)11-15/h5-8,12,15,17H,3-4,9-11H2,1-2H3. The van der Waals surface area contributed by atoms with E-state index in [4.69, 9.17) is 0 Å². The number of benzene rings is 1. The Labute approximate surface area is 109 Å². The molecule has 1 aliphatic heterocycles. The Morgan fingerprint density at radius 2 is 2.11 bits per heavy atom. The molecule has 1 saturated heterocycles. The number of nitrogens with zero attached hydrogens (tertiary/aromatic N) is 1. The van der Waals surface area contributed by atoms with Crippen LogP contribution in [0.25, 0.3) is 0 Å². The lowest BCUT2D eigenvalue weighted by molar-refractivity contribution is 0.218. The summed E-state index contributed by atoms with van der Waals surface area (Å²) in [5.74, 6) is -0.159. The molecule has 1 aromatic rings. The Morgan fingerprint density at radius 3 is 2.78 bits per heavy atom. The van der Waals surface area contributed by atoms with Crippen LogP contribution in [0.15, 0.2) is 24.3 Å². The minimum absolute atomic E-state index is 0.159. The van der Waals surface area contributed by atoms with Gasteiger partial charge in [-0.2, -0.15) is 0 Å². The summed E-state index contributed by atoms with van der Waals surface area (Å²) in [5.41, 5.74) is 1.19. The Bertz CT molecular complexity index is 363. The van der Waals surface area contributed by atoms with Gasteiger partial charge >= 0.3 is 0 Å². The monoisotopic (exact) mass is 250 g/mol. The lowest BCUT2D eigenvalue weighted by atomic mass is 10.0. The fourth-order valence-corrected chi connectivity index (χ4v) is 2.74. The lowest BCUT2D eigenvalue weighted by Gasteiger charge is -2.32. The molecule has 0 saturated carbocycles. The van der Waals surface area contributed by atoms with Gasteiger partial charge in [0.1, 0.15) is 5.82 Å². The van der Waals surface area contributed by atoms with Gasteiger partial charge in [0, 0.05) is 18.6 Å². The van der Waals surface area contributed by atoms with Crippen molar-refractivity contribution in [1.82, 2.24) is 10.2 Å². The van der Waals surface area contributed by atoms with E-state index in [9.17, 15) is 4.39 Å². The van der Waals surface area contributed by atoms with Gasteiger partial charge in [-0.3, -0.25) is 0 Å². The molecule has 0 spiro atoms. The third-order valence-electron chi connectivity index (χ3n) is 3.60. The van der Waals surface area contributed by atoms with Gasteiger partial charge in [0.05, 0.1) is 0 Å². The van der Waals surface area contributed by atoms with Gasteiger partial charge in [-0.05, 0) is 57.5 Å². The minimum Gasteiger partial charge on any atom is -0.310 e. The van der Waals surface area contributed by atoms with E-state index in [1.165, 1.54) is 37.1 Å². The molecule has 0 aliphatic carbocycles. The molecule has 2 atom stereocenters. The molecule has 1 aromatic carbocycles. The van der Waals surface area contributed by atoms with E-state index in [0.29, 0.717) is 12.1 Å². The molecule has 2 rings (SSSR count). The first-order chi connectivity index (χ1) is 8.63. The maximum absolute atomic E-state index is 12.8. The summed E-state index contributed by atoms with van der Waals surface area (Å²) in [7, 11) is 2.18. The number of likely N-dealkylation sites (tertiary alicyclic amines) is 1. The van der Waals surface area contributed by atoms with Gasteiger partial charge in [0.25, 0.3) is 0 Å². The average Bonchev–Trinajstić information content (AvgIpc) is 2.32. The molecule has 0 amide bonds. The van der Waals surface area contributed by atoms with Crippen LogP contribution in [0.4, 0.5) is 4.39 Å². The Hall–Kier alpha value is -0.930. The summed E-state index contributed by atoms with van der Waals surface area (Å²) < 4.78 is 12.8. The SMILES string of the molecule is CC(Cc1ccc(F)cc1)NC1CCCN(C)C1. The molecule has 2 unspecified atom stereocenters. The van der Waals surface area contributed by atoms with Gasteiger partial charge in [-0.25, -0.2) is 4.39 Å². The molecule has 18 heavy (non-hydrogen) atoms. The minimum atomic E-state index is -0.159. The summed E-state index contributed by atoms with van der Waals surface area (Å²) in [5, 5.41) is 3.68. The highest BCUT2D eigenvalue weighted by Crippen LogP contribution is 2.11. The van der Waals surface area contributed by atoms with Crippen LogP contribution in [0, 0.1) is 5.82 Å². The van der Waals surface area contributed by atoms with Crippen molar-refractivity contribution in [3.63, 3.8) is 0 Å². The number of likely N-dealkylation sites (N-methyl/N-ethyl adjacent to an activating group) is 1. The van der Waals surface area contributed by atoms with Crippen molar-refractivity contribution in [2.24, 2.45) is 0 Å². The molecule has 3 heteroatoms. The number of nitrogens with one attached hydrogen (secondary N) is 1. The topological polar surface area (TPSA) is 15.3 Å². The Balaban J connectivity index is 1.81. The highest BCUT2D eigenvalue weighted by atomic mass is 19.1. The van der Waals surface area contributed by atoms with Crippen LogP contribution < -0.4 is 5.32 Å². The first-order valence-corrected chi connectivity index (χ1v) is 6.82. The second kappa shape index (κ2) is 6.30. The van der Waals surface area contributed by atoms with Gasteiger partial charge in [0.2, 0.25) is 0 Å². The van der Waals surface area contributed by atoms with Gasteiger partial charge < -0.3 is 10.2 Å². The number of hydrogen-bond donors (Lipinski definition) is 1. The zero-order valence-electron chi connectivity index (χ0n) is 11.3. The van der Waals surface area contributed by atoms with Crippen molar-refractivity contribution in [3.05, 3.63) is 35.6 Å². The fraction of sp³-hybridized carbons (Fsp3) is 0.600. The summed E-state index contributed by atoms with van der Waals surface area (Å²) in [4.78, 5) is 2.38. The first kappa shape index (κ1) is 13.5. The summed E-state index contributed by atoms with van der Waals surface area (Å²) >= 11 is 0. The van der Waals surface area contributed by atoms with Crippen molar-refractivity contribution in [2.45, 2.75) is 38.3 Å². The van der Waals surface area contributed by atoms with Gasteiger partial charge in [0.15, 0.2) is 0 Å². The van der Waals surface area contributed by atoms with Crippen LogP contribution >= 0.6 is 0 Å². The zero-order chi connectivity index (χ0) is 13.0. The molecule has 1 heterocycles. The van der Waals surface area contributed by atoms with Crippen molar-refractivity contribution in [3.8, 4) is 0 Å². The molecular weight excluding hydrogens is 227 g/mol. The molecule has 0 aromatic heterocycles. The Morgan fingerprint density at radius 1 is 1.39 bits per heavy atom. The van der Waals surface area contributed by atoms with Crippen molar-refractivity contribution in [2.75, 3.05) is 20.1 Å². The van der Waals surface area contributed by atoms with E-state index in [1.54, 1.807) is 0 Å². The normalized spacial score (nSPS) is 22.9. The molecule has 1 fully saturated rings. The van der Waals surface area contributed by atoms with Crippen LogP contribution in [-0.2, 0) is 6.42 Å². The molecule has 0 radical (unpaired) electrons. The quantitative estimate of drug-likeness (QED) is 0.883. The maximum Gasteiger partial charge on any atom is 0.123 e. The maximum atomic E-state index is 12.8. The molecule has 0 bridgehead atoms. The summed E-state index contributed by atoms with van der Waals surface area (Å²) in [6, 6.07) is 7.86. The predicted molar refractivity (Wildman–Crippen MR) is 73.2 cm³/mol. The van der Waals surface area contributed by atoms with Gasteiger partial charge in [-0.1, -0.05) is 12.1 Å². The van der Waals surface area contributed by atoms with E-state index < -0.39 is 0 Å². The van der Waals surface area contributed by atoms with E-state index in [2.05, 4.69) is 24.2 Å². The van der Waals surface area contributed by atoms with Crippen LogP contribution in [0.2, 0.25) is 0 Å². The number of piperidine rings is 1. The van der Waals surface area contributed by atoms with Crippen molar-refractivity contribution in [1.29, 1.82) is 0 Å². The summed E-state index contributed by atoms with van der Waals surface area (Å²) in [6.07, 6.45) is 3.50. The largest absolute Gasteiger partial charge is 0.310 e. The third-order valence-corrected chi connectivity index (χ3v) is 3.60. The van der Waals surface area contributed by atoms with Crippen LogP contribution in [0.1, 0.15) is 25.3 Å². The zero-order valence-corrected chi connectivity index (χ0v) is 11.3. The van der Waals surface area contributed by atoms with E-state index in [0.717, 1.165) is 13.0 Å². The fourth-order valence-electron chi connectivity index (χ4n) is 2.74. The molecule has 2 nitrogen and oxygen atoms in total. The van der Waals surface area contributed by atoms with Gasteiger partial charge in [-0.15, -0.1) is 0 Å². The lowest BCUT2D eigenvalue weighted by Crippen LogP contribution is -2.47. The predicted octanol–water partition coefficient (Wildman–Crippen LogP) is 2.44. The second-order valence-electron chi connectivity index (χ2n) is 5.50. The molecular formula is C15H23FN2. The third kappa shape index (κ3) is 4.07. The molecule has 1 aliphatic rings. The van der Waals surface area contributed by atoms with Crippen LogP contribution in [0.5, 0.6) is 0 Å². The van der Waals surface area contributed by atoms with Crippen molar-refractivity contribution < 1.29 is 4.39 Å². The van der Waals surface area contributed by atoms with E-state index >= 15 is 0 Å². The van der Waals surface area contributed by atoms with Crippen molar-refractivity contribution >= 4 is 0 Å². The van der Waals surface area contributed by atoms with E-state index in [-0.39, 0.29) is 5.82 Å². The smallest absolute Gasteiger partial charge is 0.123 e. The average molecular weight is 250 g/mol. The number of rotatable bonds is 4. The van der Waals surface area contributed by atoms with Crippen LogP contribution in [-0.4, -0.2) is 37.1 Å². The van der Waals surface area contributed by atoms with E-state index in [1.807, 2.05) is 12.1 Å². The molecule has 1 N–H and O–H groups in total. The second-order valence-corrected chi connectivity index (χ2v) is 5.50. The highest BCUT2D eigenvalue weighted by molar-refractivity contribution is 5.17. The van der Waals surface area contributed by atoms with Crippen LogP contribution in [0.3, 0.4) is 0 Å². The Kier molecular flexibility index (Phi) is 4.72. The first-order valence-electron chi connectivity index (χ1n) is 6.82. The number of halogens is 1. The summed E-state index contributed by atoms with van der Waals surface area (Å²) in [6.45, 7) is 4.55. The number of hydrogen-bond acceptors (Lipinski definition) is 2.